The molecule has 0 aromatic carbocycles. The molecule has 0 aromatic rings. The summed E-state index contributed by atoms with van der Waals surface area (Å²) in [5.74, 6) is 3.27. The quantitative estimate of drug-likeness (QED) is 0.210. The van der Waals surface area contributed by atoms with Crippen LogP contribution in [0.2, 0.25) is 0 Å². The van der Waals surface area contributed by atoms with Gasteiger partial charge in [-0.05, 0) is 78.4 Å². The molecule has 0 bridgehead atoms. The number of carboxylic acid groups (broad SMARTS) is 1. The first-order valence-electron chi connectivity index (χ1n) is 12.4. The van der Waals surface area contributed by atoms with Gasteiger partial charge in [0, 0.05) is 21.1 Å². The summed E-state index contributed by atoms with van der Waals surface area (Å²) in [7, 11) is 0. The van der Waals surface area contributed by atoms with E-state index in [1.165, 1.54) is 38.5 Å². The van der Waals surface area contributed by atoms with Crippen LogP contribution in [0.15, 0.2) is 11.6 Å². The zero-order valence-electron chi connectivity index (χ0n) is 20.3. The summed E-state index contributed by atoms with van der Waals surface area (Å²) < 4.78 is 0. The molecular weight excluding hydrogens is 468 g/mol. The molecule has 4 heteroatoms. The Morgan fingerprint density at radius 3 is 2.48 bits per heavy atom. The van der Waals surface area contributed by atoms with Gasteiger partial charge in [0.15, 0.2) is 0 Å². The fraction of sp³-hybridized carbons (Fsp3) is 0.852. The topological polar surface area (TPSA) is 54.4 Å². The fourth-order valence-corrected chi connectivity index (χ4v) is 8.09. The first-order chi connectivity index (χ1) is 14.1. The van der Waals surface area contributed by atoms with E-state index in [4.69, 9.17) is 0 Å². The number of allylic oxidation sites excluding steroid dienone is 2. The molecule has 0 spiro atoms. The summed E-state index contributed by atoms with van der Waals surface area (Å²) in [4.78, 5) is 22.9. The average molecular weight is 512 g/mol. The third-order valence-electron chi connectivity index (χ3n) is 9.61. The third kappa shape index (κ3) is 5.23. The second-order valence-corrected chi connectivity index (χ2v) is 11.7. The predicted octanol–water partition coefficient (Wildman–Crippen LogP) is 6.82. The van der Waals surface area contributed by atoms with E-state index in [0.717, 1.165) is 36.2 Å². The molecule has 0 aromatic heterocycles. The van der Waals surface area contributed by atoms with E-state index in [1.54, 1.807) is 0 Å². The van der Waals surface area contributed by atoms with Crippen LogP contribution in [0.25, 0.3) is 0 Å². The van der Waals surface area contributed by atoms with Crippen LogP contribution in [-0.2, 0) is 30.7 Å². The van der Waals surface area contributed by atoms with Gasteiger partial charge in [0.25, 0.3) is 0 Å². The Balaban J connectivity index is 0.00000341. The Hall–Kier alpha value is -0.432. The van der Waals surface area contributed by atoms with Crippen molar-refractivity contribution in [3.63, 3.8) is 0 Å². The molecule has 7 atom stereocenters. The number of fused-ring (bicyclic) bond motifs is 3. The minimum absolute atomic E-state index is 0. The van der Waals surface area contributed by atoms with Gasteiger partial charge >= 0.3 is 5.97 Å². The van der Waals surface area contributed by atoms with Crippen LogP contribution >= 0.6 is 0 Å². The van der Waals surface area contributed by atoms with Crippen molar-refractivity contribution in [2.75, 3.05) is 0 Å². The third-order valence-corrected chi connectivity index (χ3v) is 9.61. The Labute approximate surface area is 204 Å². The summed E-state index contributed by atoms with van der Waals surface area (Å²) in [5.41, 5.74) is 1.03. The molecule has 2 saturated carbocycles. The van der Waals surface area contributed by atoms with E-state index < -0.39 is 11.4 Å². The molecule has 0 saturated heterocycles. The molecule has 2 fully saturated rings. The summed E-state index contributed by atoms with van der Waals surface area (Å²) in [6.07, 6.45) is 14.7. The van der Waals surface area contributed by atoms with Crippen molar-refractivity contribution >= 4 is 12.3 Å². The van der Waals surface area contributed by atoms with Crippen molar-refractivity contribution < 1.29 is 35.8 Å². The van der Waals surface area contributed by atoms with Crippen molar-refractivity contribution in [3.05, 3.63) is 11.6 Å². The van der Waals surface area contributed by atoms with Gasteiger partial charge in [-0.15, -0.1) is 6.42 Å². The monoisotopic (exact) mass is 513 g/mol. The first kappa shape index (κ1) is 26.8. The number of hydrogen-bond acceptors (Lipinski definition) is 2. The smallest absolute Gasteiger partial charge is 0.304 e. The first-order valence-corrected chi connectivity index (χ1v) is 12.4. The molecule has 1 N–H and O–H groups in total. The number of rotatable bonds is 9. The van der Waals surface area contributed by atoms with Crippen LogP contribution in [0.1, 0.15) is 98.8 Å². The molecule has 3 aliphatic rings. The molecule has 0 aliphatic heterocycles. The maximum absolute atomic E-state index is 11.8. The minimum atomic E-state index is -0.744. The van der Waals surface area contributed by atoms with Gasteiger partial charge in [-0.2, -0.15) is 0 Å². The molecule has 0 amide bonds. The summed E-state index contributed by atoms with van der Waals surface area (Å²) in [6.45, 7) is 11.8. The Kier molecular flexibility index (Phi) is 9.23. The van der Waals surface area contributed by atoms with E-state index in [2.05, 4.69) is 47.0 Å². The predicted molar refractivity (Wildman–Crippen MR) is 122 cm³/mol. The van der Waals surface area contributed by atoms with Crippen molar-refractivity contribution in [1.29, 1.82) is 0 Å². The number of hydrogen-bond donors (Lipinski definition) is 1. The van der Waals surface area contributed by atoms with Crippen molar-refractivity contribution in [1.82, 2.24) is 0 Å². The van der Waals surface area contributed by atoms with Crippen LogP contribution in [0, 0.1) is 46.3 Å². The molecule has 3 aliphatic carbocycles. The zero-order valence-corrected chi connectivity index (χ0v) is 22.3. The van der Waals surface area contributed by atoms with Crippen molar-refractivity contribution in [3.8, 4) is 0 Å². The second kappa shape index (κ2) is 10.7. The van der Waals surface area contributed by atoms with Crippen LogP contribution < -0.4 is 0 Å². The van der Waals surface area contributed by atoms with Crippen LogP contribution in [0.3, 0.4) is 0 Å². The molecule has 0 heterocycles. The van der Waals surface area contributed by atoms with E-state index in [0.29, 0.717) is 23.2 Å². The van der Waals surface area contributed by atoms with Gasteiger partial charge in [0.05, 0.1) is 6.42 Å². The summed E-state index contributed by atoms with van der Waals surface area (Å²) >= 11 is 0. The van der Waals surface area contributed by atoms with Gasteiger partial charge in [-0.1, -0.05) is 65.5 Å². The normalized spacial score (nSPS) is 37.9. The van der Waals surface area contributed by atoms with E-state index >= 15 is 0 Å². The van der Waals surface area contributed by atoms with Crippen molar-refractivity contribution in [2.45, 2.75) is 98.8 Å². The SMILES string of the molecule is CC(C)CCCC(C)C1CCC2C3CC=C(C[C-]=O)C(C)(CC(=O)O)C3CCC12C.[Mo]. The maximum Gasteiger partial charge on any atom is 0.304 e. The van der Waals surface area contributed by atoms with Crippen molar-refractivity contribution in [2.24, 2.45) is 46.3 Å². The molecule has 7 unspecified atom stereocenters. The van der Waals surface area contributed by atoms with Gasteiger partial charge in [0.1, 0.15) is 0 Å². The molecule has 31 heavy (non-hydrogen) atoms. The van der Waals surface area contributed by atoms with E-state index in [-0.39, 0.29) is 33.9 Å². The molecule has 176 valence electrons. The second-order valence-electron chi connectivity index (χ2n) is 11.7. The molecule has 0 radical (unpaired) electrons. The van der Waals surface area contributed by atoms with E-state index in [9.17, 15) is 14.7 Å². The number of carbonyl (C=O) groups is 1. The van der Waals surface area contributed by atoms with Gasteiger partial charge in [0.2, 0.25) is 0 Å². The average Bonchev–Trinajstić information content (AvgIpc) is 3.00. The molecular formula is C27H43MoO3-. The van der Waals surface area contributed by atoms with Gasteiger partial charge < -0.3 is 9.90 Å². The minimum Gasteiger partial charge on any atom is -0.541 e. The standard InChI is InChI=1S/C27H43O3.Mo/c1-18(2)7-6-8-19(3)22-11-12-23-21-10-9-20(14-16-28)27(5,17-25(29)30)24(21)13-15-26(22,23)4;/h9,18-19,21-24H,6-8,10-15,17H2,1-5H3,(H,29,30);/q-1;. The zero-order chi connectivity index (χ0) is 22.1. The van der Waals surface area contributed by atoms with Crippen LogP contribution in [0.4, 0.5) is 0 Å². The Morgan fingerprint density at radius 2 is 1.87 bits per heavy atom. The largest absolute Gasteiger partial charge is 0.541 e. The van der Waals surface area contributed by atoms with E-state index in [1.807, 2.05) is 0 Å². The number of carbonyl (C=O) groups excluding carboxylic acids is 1. The maximum atomic E-state index is 11.8. The number of carboxylic acids is 1. The molecule has 3 rings (SSSR count). The van der Waals surface area contributed by atoms with Gasteiger partial charge in [-0.3, -0.25) is 11.1 Å². The number of aliphatic carboxylic acids is 1. The molecule has 3 nitrogen and oxygen atoms in total. The van der Waals surface area contributed by atoms with Crippen LogP contribution in [0.5, 0.6) is 0 Å². The van der Waals surface area contributed by atoms with Gasteiger partial charge in [-0.25, -0.2) is 0 Å². The Morgan fingerprint density at radius 1 is 1.16 bits per heavy atom. The summed E-state index contributed by atoms with van der Waals surface area (Å²) in [6, 6.07) is 0. The van der Waals surface area contributed by atoms with Crippen LogP contribution in [-0.4, -0.2) is 17.4 Å². The summed E-state index contributed by atoms with van der Waals surface area (Å²) in [5, 5.41) is 9.66. The Bertz CT molecular complexity index is 671. The fourth-order valence-electron chi connectivity index (χ4n) is 8.09.